The van der Waals surface area contributed by atoms with Crippen molar-refractivity contribution in [3.8, 4) is 0 Å². The maximum Gasteiger partial charge on any atom is 0.313 e. The summed E-state index contributed by atoms with van der Waals surface area (Å²) in [5.74, 6) is 0.0488. The largest absolute Gasteiger partial charge is 0.469 e. The van der Waals surface area contributed by atoms with Crippen LogP contribution in [0.25, 0.3) is 0 Å². The monoisotopic (exact) mass is 297 g/mol. The second kappa shape index (κ2) is 5.65. The van der Waals surface area contributed by atoms with Crippen molar-refractivity contribution in [1.82, 2.24) is 5.32 Å². The maximum atomic E-state index is 11.9. The Hall–Kier alpha value is -0.870. The van der Waals surface area contributed by atoms with Crippen LogP contribution in [0.2, 0.25) is 0 Å². The third kappa shape index (κ3) is 2.87. The van der Waals surface area contributed by atoms with Gasteiger partial charge in [-0.2, -0.15) is 0 Å². The van der Waals surface area contributed by atoms with E-state index in [-0.39, 0.29) is 11.9 Å². The van der Waals surface area contributed by atoms with Crippen LogP contribution in [0.1, 0.15) is 17.9 Å². The van der Waals surface area contributed by atoms with Crippen molar-refractivity contribution in [3.63, 3.8) is 0 Å². The first-order valence-corrected chi connectivity index (χ1v) is 6.55. The third-order valence-corrected chi connectivity index (χ3v) is 3.78. The van der Waals surface area contributed by atoms with E-state index >= 15 is 0 Å². The summed E-state index contributed by atoms with van der Waals surface area (Å²) in [6.45, 7) is 1.87. The van der Waals surface area contributed by atoms with Crippen molar-refractivity contribution >= 4 is 21.9 Å². The van der Waals surface area contributed by atoms with E-state index in [1.54, 1.807) is 0 Å². The molecule has 0 spiro atoms. The highest BCUT2D eigenvalue weighted by atomic mass is 79.9. The van der Waals surface area contributed by atoms with Crippen LogP contribution in [0.5, 0.6) is 0 Å². The highest BCUT2D eigenvalue weighted by molar-refractivity contribution is 9.10. The quantitative estimate of drug-likeness (QED) is 0.870. The second-order valence-corrected chi connectivity index (χ2v) is 5.22. The number of rotatable bonds is 3. The smallest absolute Gasteiger partial charge is 0.313 e. The number of hydrogen-bond donors (Lipinski definition) is 1. The number of carbonyl (C=O) groups excluding carboxylic acids is 1. The predicted molar refractivity (Wildman–Crippen MR) is 69.9 cm³/mol. The molecule has 4 heteroatoms. The number of methoxy groups -OCH3 is 1. The molecular weight excluding hydrogens is 282 g/mol. The van der Waals surface area contributed by atoms with E-state index in [0.717, 1.165) is 29.5 Å². The van der Waals surface area contributed by atoms with Gasteiger partial charge in [-0.3, -0.25) is 4.79 Å². The molecule has 2 unspecified atom stereocenters. The Balaban J connectivity index is 2.25. The summed E-state index contributed by atoms with van der Waals surface area (Å²) in [5, 5.41) is 3.30. The lowest BCUT2D eigenvalue weighted by Gasteiger charge is -2.20. The number of halogens is 1. The van der Waals surface area contributed by atoms with Gasteiger partial charge in [-0.25, -0.2) is 0 Å². The molecule has 1 aliphatic rings. The van der Waals surface area contributed by atoms with E-state index in [1.165, 1.54) is 7.11 Å². The maximum absolute atomic E-state index is 11.9. The van der Waals surface area contributed by atoms with Crippen LogP contribution in [0.15, 0.2) is 28.7 Å². The Morgan fingerprint density at radius 1 is 1.47 bits per heavy atom. The van der Waals surface area contributed by atoms with Crippen molar-refractivity contribution in [2.24, 2.45) is 5.92 Å². The van der Waals surface area contributed by atoms with Gasteiger partial charge in [0.05, 0.1) is 13.0 Å². The summed E-state index contributed by atoms with van der Waals surface area (Å²) in [6.07, 6.45) is 1.02. The summed E-state index contributed by atoms with van der Waals surface area (Å²) in [6, 6.07) is 7.91. The van der Waals surface area contributed by atoms with Gasteiger partial charge in [0, 0.05) is 4.47 Å². The van der Waals surface area contributed by atoms with E-state index in [0.29, 0.717) is 5.92 Å². The Labute approximate surface area is 110 Å². The first-order chi connectivity index (χ1) is 8.22. The van der Waals surface area contributed by atoms with Crippen LogP contribution < -0.4 is 5.32 Å². The second-order valence-electron chi connectivity index (χ2n) is 4.31. The number of hydrogen-bond acceptors (Lipinski definition) is 3. The fourth-order valence-corrected chi connectivity index (χ4v) is 2.62. The summed E-state index contributed by atoms with van der Waals surface area (Å²) in [7, 11) is 1.45. The number of carbonyl (C=O) groups is 1. The fourth-order valence-electron chi connectivity index (χ4n) is 2.36. The third-order valence-electron chi connectivity index (χ3n) is 3.25. The molecular formula is C13H16BrNO2. The lowest BCUT2D eigenvalue weighted by molar-refractivity contribution is -0.143. The van der Waals surface area contributed by atoms with E-state index < -0.39 is 0 Å². The van der Waals surface area contributed by atoms with Gasteiger partial charge in [0.2, 0.25) is 0 Å². The summed E-state index contributed by atoms with van der Waals surface area (Å²) in [4.78, 5) is 11.9. The van der Waals surface area contributed by atoms with Crippen molar-refractivity contribution < 1.29 is 9.53 Å². The average molecular weight is 298 g/mol. The SMILES string of the molecule is COC(=O)C(c1ccc(Br)cc1)C1CCNC1. The Bertz CT molecular complexity index is 385. The fraction of sp³-hybridized carbons (Fsp3) is 0.462. The van der Waals surface area contributed by atoms with Crippen LogP contribution in [-0.4, -0.2) is 26.2 Å². The van der Waals surface area contributed by atoms with Gasteiger partial charge in [0.25, 0.3) is 0 Å². The molecule has 2 atom stereocenters. The Morgan fingerprint density at radius 2 is 2.18 bits per heavy atom. The molecule has 0 aromatic heterocycles. The highest BCUT2D eigenvalue weighted by Crippen LogP contribution is 2.31. The molecule has 0 saturated carbocycles. The molecule has 0 radical (unpaired) electrons. The standard InChI is InChI=1S/C13H16BrNO2/c1-17-13(16)12(10-6-7-15-8-10)9-2-4-11(14)5-3-9/h2-5,10,12,15H,6-8H2,1H3. The lowest BCUT2D eigenvalue weighted by Crippen LogP contribution is -2.24. The van der Waals surface area contributed by atoms with E-state index in [2.05, 4.69) is 21.2 Å². The predicted octanol–water partition coefficient (Wildman–Crippen LogP) is 2.32. The molecule has 1 aromatic carbocycles. The minimum atomic E-state index is -0.150. The molecule has 3 nitrogen and oxygen atoms in total. The molecule has 1 N–H and O–H groups in total. The zero-order valence-electron chi connectivity index (χ0n) is 9.78. The molecule has 1 aliphatic heterocycles. The molecule has 1 saturated heterocycles. The zero-order valence-corrected chi connectivity index (χ0v) is 11.4. The van der Waals surface area contributed by atoms with Crippen LogP contribution in [0, 0.1) is 5.92 Å². The normalized spacial score (nSPS) is 21.2. The van der Waals surface area contributed by atoms with E-state index in [4.69, 9.17) is 4.74 Å². The van der Waals surface area contributed by atoms with Gasteiger partial charge in [0.15, 0.2) is 0 Å². The summed E-state index contributed by atoms with van der Waals surface area (Å²) < 4.78 is 5.95. The van der Waals surface area contributed by atoms with Crippen molar-refractivity contribution in [3.05, 3.63) is 34.3 Å². The first kappa shape index (κ1) is 12.6. The molecule has 17 heavy (non-hydrogen) atoms. The van der Waals surface area contributed by atoms with Crippen LogP contribution in [-0.2, 0) is 9.53 Å². The van der Waals surface area contributed by atoms with Crippen molar-refractivity contribution in [2.45, 2.75) is 12.3 Å². The lowest BCUT2D eigenvalue weighted by atomic mass is 9.85. The first-order valence-electron chi connectivity index (χ1n) is 5.76. The molecule has 92 valence electrons. The van der Waals surface area contributed by atoms with Gasteiger partial charge >= 0.3 is 5.97 Å². The summed E-state index contributed by atoms with van der Waals surface area (Å²) >= 11 is 3.40. The molecule has 2 rings (SSSR count). The topological polar surface area (TPSA) is 38.3 Å². The Kier molecular flexibility index (Phi) is 4.18. The Morgan fingerprint density at radius 3 is 2.71 bits per heavy atom. The van der Waals surface area contributed by atoms with Crippen LogP contribution >= 0.6 is 15.9 Å². The average Bonchev–Trinajstić information content (AvgIpc) is 2.85. The summed E-state index contributed by atoms with van der Waals surface area (Å²) in [5.41, 5.74) is 1.04. The zero-order chi connectivity index (χ0) is 12.3. The molecule has 1 fully saturated rings. The van der Waals surface area contributed by atoms with Gasteiger partial charge in [-0.1, -0.05) is 28.1 Å². The van der Waals surface area contributed by atoms with Crippen LogP contribution in [0.4, 0.5) is 0 Å². The number of nitrogens with one attached hydrogen (secondary N) is 1. The minimum absolute atomic E-state index is 0.138. The minimum Gasteiger partial charge on any atom is -0.469 e. The van der Waals surface area contributed by atoms with E-state index in [9.17, 15) is 4.79 Å². The van der Waals surface area contributed by atoms with Crippen molar-refractivity contribution in [1.29, 1.82) is 0 Å². The molecule has 0 amide bonds. The molecule has 1 heterocycles. The van der Waals surface area contributed by atoms with Gasteiger partial charge in [-0.15, -0.1) is 0 Å². The molecule has 0 aliphatic carbocycles. The van der Waals surface area contributed by atoms with Gasteiger partial charge in [-0.05, 0) is 43.1 Å². The van der Waals surface area contributed by atoms with Gasteiger partial charge < -0.3 is 10.1 Å². The van der Waals surface area contributed by atoms with Crippen molar-refractivity contribution in [2.75, 3.05) is 20.2 Å². The number of ether oxygens (including phenoxy) is 1. The van der Waals surface area contributed by atoms with Crippen LogP contribution in [0.3, 0.4) is 0 Å². The number of esters is 1. The number of benzene rings is 1. The van der Waals surface area contributed by atoms with Gasteiger partial charge in [0.1, 0.15) is 0 Å². The molecule has 1 aromatic rings. The van der Waals surface area contributed by atoms with E-state index in [1.807, 2.05) is 24.3 Å². The highest BCUT2D eigenvalue weighted by Gasteiger charge is 2.32. The molecule has 0 bridgehead atoms.